The number of nitrogens with two attached hydrogens (primary N) is 1. The summed E-state index contributed by atoms with van der Waals surface area (Å²) in [7, 11) is 1.66. The van der Waals surface area contributed by atoms with Crippen LogP contribution in [0.15, 0.2) is 18.2 Å². The molecule has 1 fully saturated rings. The van der Waals surface area contributed by atoms with E-state index in [-0.39, 0.29) is 17.6 Å². The fourth-order valence-corrected chi connectivity index (χ4v) is 2.64. The van der Waals surface area contributed by atoms with Crippen molar-refractivity contribution in [1.29, 1.82) is 0 Å². The number of likely N-dealkylation sites (tertiary alicyclic amines) is 1. The largest absolute Gasteiger partial charge is 0.399 e. The summed E-state index contributed by atoms with van der Waals surface area (Å²) < 4.78 is 13.3. The molecule has 3 N–H and O–H groups in total. The van der Waals surface area contributed by atoms with E-state index >= 15 is 0 Å². The molecule has 0 aliphatic carbocycles. The van der Waals surface area contributed by atoms with Gasteiger partial charge in [0.25, 0.3) is 0 Å². The number of benzene rings is 1. The number of carbonyl (C=O) groups is 1. The van der Waals surface area contributed by atoms with Gasteiger partial charge in [0, 0.05) is 25.8 Å². The fourth-order valence-electron chi connectivity index (χ4n) is 2.64. The van der Waals surface area contributed by atoms with Crippen LogP contribution in [0.4, 0.5) is 10.1 Å². The van der Waals surface area contributed by atoms with Crippen LogP contribution in [0.3, 0.4) is 0 Å². The average molecular weight is 265 g/mol. The normalized spacial score (nSPS) is 20.2. The first-order valence-corrected chi connectivity index (χ1v) is 6.57. The molecule has 0 saturated carbocycles. The van der Waals surface area contributed by atoms with E-state index in [9.17, 15) is 9.18 Å². The Balaban J connectivity index is 2.00. The minimum atomic E-state index is -0.310. The summed E-state index contributed by atoms with van der Waals surface area (Å²) in [6, 6.07) is 4.60. The fraction of sp³-hybridized carbons (Fsp3) is 0.500. The second-order valence-electron chi connectivity index (χ2n) is 5.08. The molecule has 2 rings (SSSR count). The average Bonchev–Trinajstić information content (AvgIpc) is 2.37. The van der Waals surface area contributed by atoms with Gasteiger partial charge in [0.15, 0.2) is 0 Å². The van der Waals surface area contributed by atoms with Crippen LogP contribution in [0.25, 0.3) is 0 Å². The molecule has 1 aliphatic heterocycles. The number of anilines is 1. The number of nitrogens with one attached hydrogen (secondary N) is 1. The molecule has 1 saturated heterocycles. The van der Waals surface area contributed by atoms with E-state index in [1.165, 1.54) is 12.1 Å². The van der Waals surface area contributed by atoms with Crippen LogP contribution in [0.1, 0.15) is 18.4 Å². The molecule has 1 unspecified atom stereocenters. The van der Waals surface area contributed by atoms with Crippen molar-refractivity contribution in [2.45, 2.75) is 19.4 Å². The summed E-state index contributed by atoms with van der Waals surface area (Å²) in [5.41, 5.74) is 6.94. The van der Waals surface area contributed by atoms with Crippen molar-refractivity contribution in [3.63, 3.8) is 0 Å². The molecule has 19 heavy (non-hydrogen) atoms. The van der Waals surface area contributed by atoms with Gasteiger partial charge in [-0.3, -0.25) is 9.69 Å². The first-order valence-electron chi connectivity index (χ1n) is 6.57. The number of hydrogen-bond acceptors (Lipinski definition) is 3. The highest BCUT2D eigenvalue weighted by atomic mass is 19.1. The quantitative estimate of drug-likeness (QED) is 0.811. The Labute approximate surface area is 112 Å². The molecule has 5 heteroatoms. The van der Waals surface area contributed by atoms with Gasteiger partial charge in [-0.05, 0) is 43.1 Å². The Morgan fingerprint density at radius 3 is 3.00 bits per heavy atom. The number of amides is 1. The van der Waals surface area contributed by atoms with Crippen molar-refractivity contribution in [3.05, 3.63) is 29.6 Å². The third-order valence-corrected chi connectivity index (χ3v) is 3.51. The van der Waals surface area contributed by atoms with Crippen molar-refractivity contribution in [2.75, 3.05) is 25.9 Å². The number of carbonyl (C=O) groups excluding carboxylic acids is 1. The highest BCUT2D eigenvalue weighted by molar-refractivity contribution is 5.78. The van der Waals surface area contributed by atoms with Gasteiger partial charge in [-0.25, -0.2) is 4.39 Å². The van der Waals surface area contributed by atoms with Crippen LogP contribution < -0.4 is 11.1 Å². The zero-order valence-electron chi connectivity index (χ0n) is 11.2. The van der Waals surface area contributed by atoms with E-state index in [0.717, 1.165) is 31.5 Å². The molecule has 0 radical (unpaired) electrons. The maximum absolute atomic E-state index is 13.3. The molecule has 1 atom stereocenters. The van der Waals surface area contributed by atoms with Gasteiger partial charge in [-0.1, -0.05) is 0 Å². The summed E-state index contributed by atoms with van der Waals surface area (Å²) >= 11 is 0. The van der Waals surface area contributed by atoms with E-state index in [1.807, 2.05) is 0 Å². The van der Waals surface area contributed by atoms with E-state index in [0.29, 0.717) is 12.2 Å². The van der Waals surface area contributed by atoms with Gasteiger partial charge in [0.2, 0.25) is 5.91 Å². The maximum Gasteiger partial charge on any atom is 0.224 e. The van der Waals surface area contributed by atoms with Gasteiger partial charge in [0.1, 0.15) is 5.82 Å². The molecule has 4 nitrogen and oxygen atoms in total. The first kappa shape index (κ1) is 13.8. The van der Waals surface area contributed by atoms with E-state index in [1.54, 1.807) is 13.1 Å². The van der Waals surface area contributed by atoms with Gasteiger partial charge in [-0.15, -0.1) is 0 Å². The maximum atomic E-state index is 13.3. The number of hydrogen-bond donors (Lipinski definition) is 2. The van der Waals surface area contributed by atoms with Crippen LogP contribution in [0, 0.1) is 11.7 Å². The second-order valence-corrected chi connectivity index (χ2v) is 5.08. The topological polar surface area (TPSA) is 58.4 Å². The summed E-state index contributed by atoms with van der Waals surface area (Å²) in [5.74, 6) is -0.192. The molecular formula is C14H20FN3O. The molecule has 1 aromatic carbocycles. The molecular weight excluding hydrogens is 245 g/mol. The predicted molar refractivity (Wildman–Crippen MR) is 72.9 cm³/mol. The van der Waals surface area contributed by atoms with Crippen LogP contribution in [-0.4, -0.2) is 30.9 Å². The lowest BCUT2D eigenvalue weighted by Crippen LogP contribution is -2.41. The van der Waals surface area contributed by atoms with Crippen molar-refractivity contribution in [1.82, 2.24) is 10.2 Å². The standard InChI is InChI=1S/C14H20FN3O/c1-17-14(19)11-3-2-4-18(9-11)8-10-5-12(15)7-13(16)6-10/h5-7,11H,2-4,8-9,16H2,1H3,(H,17,19). The Bertz CT molecular complexity index is 444. The van der Waals surface area contributed by atoms with Crippen molar-refractivity contribution < 1.29 is 9.18 Å². The molecule has 0 aromatic heterocycles. The number of rotatable bonds is 3. The van der Waals surface area contributed by atoms with Crippen LogP contribution in [0.2, 0.25) is 0 Å². The Kier molecular flexibility index (Phi) is 4.37. The third-order valence-electron chi connectivity index (χ3n) is 3.51. The Hall–Kier alpha value is -1.62. The molecule has 1 aliphatic rings. The van der Waals surface area contributed by atoms with Gasteiger partial charge in [-0.2, -0.15) is 0 Å². The Morgan fingerprint density at radius 2 is 2.32 bits per heavy atom. The first-order chi connectivity index (χ1) is 9.08. The van der Waals surface area contributed by atoms with Crippen molar-refractivity contribution in [2.24, 2.45) is 5.92 Å². The van der Waals surface area contributed by atoms with Gasteiger partial charge < -0.3 is 11.1 Å². The number of piperidine rings is 1. The number of halogens is 1. The van der Waals surface area contributed by atoms with Crippen molar-refractivity contribution in [3.8, 4) is 0 Å². The lowest BCUT2D eigenvalue weighted by atomic mass is 9.97. The predicted octanol–water partition coefficient (Wildman–Crippen LogP) is 1.37. The van der Waals surface area contributed by atoms with Gasteiger partial charge in [0.05, 0.1) is 5.92 Å². The molecule has 1 heterocycles. The van der Waals surface area contributed by atoms with Crippen LogP contribution in [-0.2, 0) is 11.3 Å². The zero-order chi connectivity index (χ0) is 13.8. The number of nitrogens with zero attached hydrogens (tertiary/aromatic N) is 1. The summed E-state index contributed by atoms with van der Waals surface area (Å²) in [6.07, 6.45) is 1.91. The molecule has 104 valence electrons. The molecule has 1 amide bonds. The summed E-state index contributed by atoms with van der Waals surface area (Å²) in [4.78, 5) is 13.8. The van der Waals surface area contributed by atoms with E-state index < -0.39 is 0 Å². The minimum Gasteiger partial charge on any atom is -0.399 e. The minimum absolute atomic E-state index is 0.0321. The highest BCUT2D eigenvalue weighted by Gasteiger charge is 2.24. The third kappa shape index (κ3) is 3.67. The second kappa shape index (κ2) is 6.02. The Morgan fingerprint density at radius 1 is 1.53 bits per heavy atom. The zero-order valence-corrected chi connectivity index (χ0v) is 11.2. The van der Waals surface area contributed by atoms with Crippen molar-refractivity contribution >= 4 is 11.6 Å². The lowest BCUT2D eigenvalue weighted by molar-refractivity contribution is -0.126. The lowest BCUT2D eigenvalue weighted by Gasteiger charge is -2.31. The van der Waals surface area contributed by atoms with Gasteiger partial charge >= 0.3 is 0 Å². The summed E-state index contributed by atoms with van der Waals surface area (Å²) in [5, 5.41) is 2.69. The van der Waals surface area contributed by atoms with Crippen LogP contribution >= 0.6 is 0 Å². The highest BCUT2D eigenvalue weighted by Crippen LogP contribution is 2.20. The van der Waals surface area contributed by atoms with E-state index in [2.05, 4.69) is 10.2 Å². The summed E-state index contributed by atoms with van der Waals surface area (Å²) in [6.45, 7) is 2.29. The van der Waals surface area contributed by atoms with Crippen LogP contribution in [0.5, 0.6) is 0 Å². The van der Waals surface area contributed by atoms with E-state index in [4.69, 9.17) is 5.73 Å². The molecule has 1 aromatic rings. The number of nitrogen functional groups attached to an aromatic ring is 1. The SMILES string of the molecule is CNC(=O)C1CCCN(Cc2cc(N)cc(F)c2)C1. The monoisotopic (exact) mass is 265 g/mol. The smallest absolute Gasteiger partial charge is 0.224 e. The molecule has 0 spiro atoms. The molecule has 0 bridgehead atoms.